The van der Waals surface area contributed by atoms with Crippen LogP contribution in [0.3, 0.4) is 0 Å². The molecule has 0 saturated carbocycles. The molecular formula is C20H15Cl2NOS. The van der Waals surface area contributed by atoms with Crippen molar-refractivity contribution in [1.29, 1.82) is 0 Å². The predicted octanol–water partition coefficient (Wildman–Crippen LogP) is 6.03. The average Bonchev–Trinajstić information content (AvgIpc) is 2.64. The molecule has 1 atom stereocenters. The summed E-state index contributed by atoms with van der Waals surface area (Å²) in [5, 5.41) is 0.934. The molecule has 5 heteroatoms. The Morgan fingerprint density at radius 2 is 1.60 bits per heavy atom. The first-order valence-electron chi connectivity index (χ1n) is 7.72. The van der Waals surface area contributed by atoms with Crippen LogP contribution in [-0.4, -0.2) is 10.8 Å². The van der Waals surface area contributed by atoms with E-state index in [-0.39, 0.29) is 17.5 Å². The van der Waals surface area contributed by atoms with E-state index >= 15 is 0 Å². The van der Waals surface area contributed by atoms with Crippen LogP contribution in [0.4, 0.5) is 0 Å². The minimum absolute atomic E-state index is 0.0981. The molecule has 0 N–H and O–H groups in total. The van der Waals surface area contributed by atoms with E-state index in [1.54, 1.807) is 18.3 Å². The molecule has 0 aliphatic heterocycles. The average molecular weight is 388 g/mol. The maximum absolute atomic E-state index is 12.9. The molecule has 2 nitrogen and oxygen atoms in total. The van der Waals surface area contributed by atoms with E-state index in [4.69, 9.17) is 23.2 Å². The van der Waals surface area contributed by atoms with E-state index < -0.39 is 0 Å². The summed E-state index contributed by atoms with van der Waals surface area (Å²) < 4.78 is 0. The van der Waals surface area contributed by atoms with Crippen LogP contribution in [0.2, 0.25) is 10.0 Å². The van der Waals surface area contributed by atoms with Gasteiger partial charge in [0.05, 0.1) is 16.7 Å². The Morgan fingerprint density at radius 1 is 0.920 bits per heavy atom. The van der Waals surface area contributed by atoms with Gasteiger partial charge in [-0.05, 0) is 42.0 Å². The summed E-state index contributed by atoms with van der Waals surface area (Å²) in [5.74, 6) is 0.0981. The number of thioether (sulfide) groups is 1. The largest absolute Gasteiger partial charge is 0.298 e. The number of halogens is 2. The Hall–Kier alpha value is -1.81. The number of nitrogens with zero attached hydrogens (tertiary/aromatic N) is 1. The number of Topliss-reactive ketones (excluding diaryl/α,β-unsaturated/α-hetero) is 1. The maximum Gasteiger partial charge on any atom is 0.156 e. The molecule has 2 aromatic carbocycles. The normalized spacial score (nSPS) is 11.9. The first-order valence-corrected chi connectivity index (χ1v) is 9.36. The molecule has 3 aromatic rings. The summed E-state index contributed by atoms with van der Waals surface area (Å²) in [7, 11) is 0. The van der Waals surface area contributed by atoms with Gasteiger partial charge in [-0.1, -0.05) is 53.5 Å². The van der Waals surface area contributed by atoms with Crippen LogP contribution >= 0.6 is 35.0 Å². The van der Waals surface area contributed by atoms with Gasteiger partial charge in [-0.2, -0.15) is 0 Å². The molecule has 0 radical (unpaired) electrons. The maximum atomic E-state index is 12.9. The molecule has 0 bridgehead atoms. The highest BCUT2D eigenvalue weighted by atomic mass is 35.5. The number of rotatable bonds is 6. The van der Waals surface area contributed by atoms with Crippen molar-refractivity contribution in [3.05, 3.63) is 94.2 Å². The van der Waals surface area contributed by atoms with E-state index in [0.29, 0.717) is 15.7 Å². The molecule has 0 aliphatic rings. The lowest BCUT2D eigenvalue weighted by Crippen LogP contribution is -2.13. The van der Waals surface area contributed by atoms with Gasteiger partial charge in [0.2, 0.25) is 0 Å². The number of pyridine rings is 1. The van der Waals surface area contributed by atoms with E-state index in [1.165, 1.54) is 11.8 Å². The highest BCUT2D eigenvalue weighted by Crippen LogP contribution is 2.37. The van der Waals surface area contributed by atoms with Crippen molar-refractivity contribution < 1.29 is 4.79 Å². The van der Waals surface area contributed by atoms with Crippen LogP contribution in [0, 0.1) is 0 Å². The molecular weight excluding hydrogens is 373 g/mol. The van der Waals surface area contributed by atoms with Gasteiger partial charge in [-0.15, -0.1) is 11.8 Å². The molecule has 1 aromatic heterocycles. The van der Waals surface area contributed by atoms with E-state index in [0.717, 1.165) is 10.5 Å². The fourth-order valence-corrected chi connectivity index (χ4v) is 3.69. The zero-order valence-electron chi connectivity index (χ0n) is 13.2. The first kappa shape index (κ1) is 18.0. The first-order chi connectivity index (χ1) is 12.1. The standard InChI is InChI=1S/C20H15Cl2NOS/c21-15-7-10-18(11-8-15)25-20(14-4-2-1-3-5-14)19(24)12-17-9-6-16(22)13-23-17/h1-11,13,20H,12H2. The lowest BCUT2D eigenvalue weighted by molar-refractivity contribution is -0.118. The van der Waals surface area contributed by atoms with Crippen LogP contribution in [-0.2, 0) is 11.2 Å². The molecule has 0 amide bonds. The second kappa shape index (κ2) is 8.52. The van der Waals surface area contributed by atoms with Crippen molar-refractivity contribution in [2.24, 2.45) is 0 Å². The van der Waals surface area contributed by atoms with Crippen molar-refractivity contribution in [3.63, 3.8) is 0 Å². The van der Waals surface area contributed by atoms with E-state index in [1.807, 2.05) is 54.6 Å². The molecule has 126 valence electrons. The number of carbonyl (C=O) groups excluding carboxylic acids is 1. The van der Waals surface area contributed by atoms with Crippen LogP contribution in [0.15, 0.2) is 77.8 Å². The minimum atomic E-state index is -0.306. The third-order valence-electron chi connectivity index (χ3n) is 3.61. The smallest absolute Gasteiger partial charge is 0.156 e. The summed E-state index contributed by atoms with van der Waals surface area (Å²) in [4.78, 5) is 18.2. The zero-order valence-corrected chi connectivity index (χ0v) is 15.6. The van der Waals surface area contributed by atoms with Crippen molar-refractivity contribution in [1.82, 2.24) is 4.98 Å². The highest BCUT2D eigenvalue weighted by molar-refractivity contribution is 8.00. The third kappa shape index (κ3) is 5.08. The second-order valence-corrected chi connectivity index (χ2v) is 7.52. The van der Waals surface area contributed by atoms with Gasteiger partial charge < -0.3 is 0 Å². The fraction of sp³-hybridized carbons (Fsp3) is 0.100. The van der Waals surface area contributed by atoms with Gasteiger partial charge in [0, 0.05) is 21.8 Å². The summed E-state index contributed by atoms with van der Waals surface area (Å²) in [6.45, 7) is 0. The van der Waals surface area contributed by atoms with Crippen molar-refractivity contribution >= 4 is 40.7 Å². The molecule has 1 unspecified atom stereocenters. The van der Waals surface area contributed by atoms with Crippen molar-refractivity contribution in [2.45, 2.75) is 16.6 Å². The Kier molecular flexibility index (Phi) is 6.14. The van der Waals surface area contributed by atoms with Gasteiger partial charge in [-0.3, -0.25) is 9.78 Å². The molecule has 25 heavy (non-hydrogen) atoms. The monoisotopic (exact) mass is 387 g/mol. The molecule has 0 saturated heterocycles. The number of hydrogen-bond acceptors (Lipinski definition) is 3. The number of ketones is 1. The number of carbonyl (C=O) groups is 1. The topological polar surface area (TPSA) is 30.0 Å². The third-order valence-corrected chi connectivity index (χ3v) is 5.40. The second-order valence-electron chi connectivity index (χ2n) is 5.47. The SMILES string of the molecule is O=C(Cc1ccc(Cl)cn1)C(Sc1ccc(Cl)cc1)c1ccccc1. The predicted molar refractivity (Wildman–Crippen MR) is 104 cm³/mol. The number of aromatic nitrogens is 1. The minimum Gasteiger partial charge on any atom is -0.298 e. The van der Waals surface area contributed by atoms with Gasteiger partial charge in [0.1, 0.15) is 0 Å². The summed E-state index contributed by atoms with van der Waals surface area (Å²) in [5.41, 5.74) is 1.69. The van der Waals surface area contributed by atoms with Crippen LogP contribution in [0.25, 0.3) is 0 Å². The molecule has 0 fully saturated rings. The fourth-order valence-electron chi connectivity index (χ4n) is 2.38. The number of hydrogen-bond donors (Lipinski definition) is 0. The summed E-state index contributed by atoms with van der Waals surface area (Å²) in [6.07, 6.45) is 1.82. The van der Waals surface area contributed by atoms with Crippen LogP contribution in [0.5, 0.6) is 0 Å². The molecule has 3 rings (SSSR count). The highest BCUT2D eigenvalue weighted by Gasteiger charge is 2.22. The van der Waals surface area contributed by atoms with Crippen molar-refractivity contribution in [2.75, 3.05) is 0 Å². The zero-order chi connectivity index (χ0) is 17.6. The summed E-state index contributed by atoms with van der Waals surface area (Å²) in [6, 6.07) is 20.8. The van der Waals surface area contributed by atoms with E-state index in [2.05, 4.69) is 4.98 Å². The molecule has 0 spiro atoms. The lowest BCUT2D eigenvalue weighted by Gasteiger charge is -2.16. The molecule has 0 aliphatic carbocycles. The van der Waals surface area contributed by atoms with Gasteiger partial charge in [0.25, 0.3) is 0 Å². The van der Waals surface area contributed by atoms with E-state index in [9.17, 15) is 4.79 Å². The Labute approximate surface area is 161 Å². The van der Waals surface area contributed by atoms with Gasteiger partial charge >= 0.3 is 0 Å². The Morgan fingerprint density at radius 3 is 2.24 bits per heavy atom. The Bertz CT molecular complexity index is 836. The Balaban J connectivity index is 1.83. The van der Waals surface area contributed by atoms with Crippen molar-refractivity contribution in [3.8, 4) is 0 Å². The van der Waals surface area contributed by atoms with Crippen LogP contribution < -0.4 is 0 Å². The lowest BCUT2D eigenvalue weighted by atomic mass is 10.0. The van der Waals surface area contributed by atoms with Gasteiger partial charge in [-0.25, -0.2) is 0 Å². The number of benzene rings is 2. The van der Waals surface area contributed by atoms with Crippen LogP contribution in [0.1, 0.15) is 16.5 Å². The van der Waals surface area contributed by atoms with Gasteiger partial charge in [0.15, 0.2) is 5.78 Å². The molecule has 1 heterocycles. The summed E-state index contributed by atoms with van der Waals surface area (Å²) >= 11 is 13.3. The quantitative estimate of drug-likeness (QED) is 0.483.